The van der Waals surface area contributed by atoms with Crippen LogP contribution in [0.5, 0.6) is 5.75 Å². The van der Waals surface area contributed by atoms with Crippen molar-refractivity contribution in [2.75, 3.05) is 12.7 Å². The summed E-state index contributed by atoms with van der Waals surface area (Å²) in [6, 6.07) is 6.66. The van der Waals surface area contributed by atoms with Crippen molar-refractivity contribution in [1.82, 2.24) is 9.55 Å². The molecule has 1 saturated heterocycles. The van der Waals surface area contributed by atoms with Gasteiger partial charge in [0.2, 0.25) is 6.23 Å². The molecule has 1 aromatic carbocycles. The molecule has 37 heavy (non-hydrogen) atoms. The maximum absolute atomic E-state index is 14.0. The number of esters is 1. The maximum atomic E-state index is 14.0. The third-order valence-corrected chi connectivity index (χ3v) is 7.96. The number of nitrogens with zero attached hydrogens (tertiary/aromatic N) is 2. The van der Waals surface area contributed by atoms with E-state index in [1.54, 1.807) is 45.2 Å². The molecule has 1 fully saturated rings. The predicted molar refractivity (Wildman–Crippen MR) is 141 cm³/mol. The number of aliphatic hydroxyl groups is 1. The van der Waals surface area contributed by atoms with E-state index in [4.69, 9.17) is 52.3 Å². The van der Waals surface area contributed by atoms with Crippen LogP contribution in [-0.2, 0) is 23.4 Å². The largest absolute Gasteiger partial charge is 0.463 e. The van der Waals surface area contributed by atoms with Crippen LogP contribution in [0.25, 0.3) is 4.85 Å². The summed E-state index contributed by atoms with van der Waals surface area (Å²) in [4.78, 5) is 18.7. The van der Waals surface area contributed by atoms with Crippen LogP contribution < -0.4 is 4.52 Å². The van der Waals surface area contributed by atoms with E-state index in [9.17, 15) is 14.5 Å². The van der Waals surface area contributed by atoms with Gasteiger partial charge in [-0.1, -0.05) is 37.3 Å². The van der Waals surface area contributed by atoms with E-state index >= 15 is 0 Å². The summed E-state index contributed by atoms with van der Waals surface area (Å²) >= 11 is 10.5. The Labute approximate surface area is 228 Å². The minimum Gasteiger partial charge on any atom is -0.463 e. The highest BCUT2D eigenvalue weighted by molar-refractivity contribution is 7.72. The van der Waals surface area contributed by atoms with Gasteiger partial charge in [-0.3, -0.25) is 13.9 Å². The molecule has 0 saturated carbocycles. The summed E-state index contributed by atoms with van der Waals surface area (Å²) in [5.41, 5.74) is 0.617. The Kier molecular flexibility index (Phi) is 8.81. The summed E-state index contributed by atoms with van der Waals surface area (Å²) in [7, 11) is -4.43. The van der Waals surface area contributed by atoms with Gasteiger partial charge in [0.25, 0.3) is 6.04 Å². The molecule has 2 N–H and O–H groups in total. The molecule has 2 heterocycles. The van der Waals surface area contributed by atoms with E-state index in [-0.39, 0.29) is 10.5 Å². The monoisotopic (exact) mass is 569 g/mol. The van der Waals surface area contributed by atoms with Crippen LogP contribution >= 0.6 is 32.0 Å². The van der Waals surface area contributed by atoms with Gasteiger partial charge in [0, 0.05) is 11.8 Å². The summed E-state index contributed by atoms with van der Waals surface area (Å²) in [6.07, 6.45) is -4.06. The average molecular weight is 570 g/mol. The number of carbonyl (C=O) groups excluding carboxylic acids is 1. The second-order valence-corrected chi connectivity index (χ2v) is 11.6. The molecular weight excluding hydrogens is 537 g/mol. The number of aromatic nitrogens is 2. The van der Waals surface area contributed by atoms with Crippen molar-refractivity contribution in [2.24, 2.45) is 5.92 Å². The average Bonchev–Trinajstić information content (AvgIpc) is 3.17. The predicted octanol–water partition coefficient (Wildman–Crippen LogP) is 5.01. The van der Waals surface area contributed by atoms with Crippen LogP contribution in [0.3, 0.4) is 0 Å². The van der Waals surface area contributed by atoms with Gasteiger partial charge >= 0.3 is 13.6 Å². The molecule has 0 radical (unpaired) electrons. The molecule has 10 nitrogen and oxygen atoms in total. The van der Waals surface area contributed by atoms with Crippen LogP contribution in [0.15, 0.2) is 36.5 Å². The number of H-pyrrole nitrogens is 1. The van der Waals surface area contributed by atoms with Gasteiger partial charge in [-0.15, -0.1) is 0 Å². The summed E-state index contributed by atoms with van der Waals surface area (Å²) in [6.45, 7) is 11.2. The number of ether oxygens (including phenoxy) is 2. The van der Waals surface area contributed by atoms with E-state index in [2.05, 4.69) is 9.83 Å². The number of para-hydroxylation sites is 1. The van der Waals surface area contributed by atoms with Gasteiger partial charge in [0.15, 0.2) is 10.9 Å². The molecule has 1 aliphatic rings. The lowest BCUT2D eigenvalue weighted by molar-refractivity contribution is -0.151. The number of nitrogens with one attached hydrogen (secondary N) is 1. The fraction of sp³-hybridized carbons (Fsp3) is 0.500. The number of aliphatic hydroxyl groups excluding tert-OH is 1. The molecule has 0 spiro atoms. The molecule has 0 aliphatic carbocycles. The zero-order valence-electron chi connectivity index (χ0n) is 22.7. The molecule has 2 unspecified atom stereocenters. The van der Waals surface area contributed by atoms with Crippen molar-refractivity contribution >= 4 is 38.0 Å². The van der Waals surface area contributed by atoms with Crippen LogP contribution in [0.1, 0.15) is 35.3 Å². The first-order valence-corrected chi connectivity index (χ1v) is 14.0. The fourth-order valence-electron chi connectivity index (χ4n) is 3.53. The van der Waals surface area contributed by atoms with E-state index < -0.39 is 62.8 Å². The number of aromatic amines is 1. The Hall–Kier alpha value is -2.39. The summed E-state index contributed by atoms with van der Waals surface area (Å²) in [5.74, 6) is -1.53. The first kappa shape index (κ1) is 26.2. The van der Waals surface area contributed by atoms with E-state index in [1.165, 1.54) is 23.6 Å². The smallest absolute Gasteiger partial charge is 0.380 e. The quantitative estimate of drug-likeness (QED) is 0.176. The molecule has 6 atom stereocenters. The van der Waals surface area contributed by atoms with E-state index in [1.807, 2.05) is 0 Å². The minimum atomic E-state index is -4.43. The normalized spacial score (nSPS) is 24.9. The minimum absolute atomic E-state index is 0.106. The first-order valence-electron chi connectivity index (χ1n) is 12.4. The highest BCUT2D eigenvalue weighted by Crippen LogP contribution is 2.50. The van der Waals surface area contributed by atoms with Crippen LogP contribution in [0.2, 0.25) is 0 Å². The van der Waals surface area contributed by atoms with Crippen LogP contribution in [0, 0.1) is 28.8 Å². The SMILES string of the molecule is [2H]C([2H])(OP(=O)(C[C@@H](C)C(=O)OC(C)C)Oc1ccccc1)[C@@H]1O[C@H](n2cc(C)c(=S)[nH]c2=S)[C@H]([N+]#[C-])C1O. The fourth-order valence-corrected chi connectivity index (χ4v) is 5.71. The number of benzene rings is 1. The van der Waals surface area contributed by atoms with Gasteiger partial charge in [-0.05, 0) is 45.1 Å². The highest BCUT2D eigenvalue weighted by atomic mass is 32.1. The maximum Gasteiger partial charge on any atom is 0.380 e. The molecule has 200 valence electrons. The zero-order valence-corrected chi connectivity index (χ0v) is 23.2. The Morgan fingerprint density at radius 2 is 2.03 bits per heavy atom. The number of hydrogen-bond donors (Lipinski definition) is 2. The standard InChI is InChI=1S/C24H30N3O7PS2/c1-14(2)32-23(29)16(4)13-35(30,34-17-9-7-6-8-10-17)31-12-18-20(28)19(25-5)22(33-18)27-11-15(3)21(36)26-24(27)37/h6-11,14,16,18-20,22,28H,12-13H2,1-4H3,(H,26,36,37)/t16-,18+,19-,20?,22+,35?/m1/s1/i12D2. The van der Waals surface area contributed by atoms with Crippen molar-refractivity contribution in [2.45, 2.75) is 58.3 Å². The number of rotatable bonds is 10. The second kappa shape index (κ2) is 12.4. The van der Waals surface area contributed by atoms with Crippen LogP contribution in [-0.4, -0.2) is 57.7 Å². The molecule has 2 aromatic rings. The van der Waals surface area contributed by atoms with Gasteiger partial charge in [-0.25, -0.2) is 11.1 Å². The summed E-state index contributed by atoms with van der Waals surface area (Å²) in [5, 5.41) is 10.9. The third-order valence-electron chi connectivity index (χ3n) is 5.35. The van der Waals surface area contributed by atoms with Gasteiger partial charge < -0.3 is 28.9 Å². The van der Waals surface area contributed by atoms with Crippen molar-refractivity contribution in [3.63, 3.8) is 0 Å². The molecule has 3 rings (SSSR count). The molecule has 0 amide bonds. The molecule has 13 heteroatoms. The van der Waals surface area contributed by atoms with E-state index in [0.29, 0.717) is 10.2 Å². The van der Waals surface area contributed by atoms with Crippen LogP contribution in [0.4, 0.5) is 0 Å². The Morgan fingerprint density at radius 3 is 2.65 bits per heavy atom. The lowest BCUT2D eigenvalue weighted by Crippen LogP contribution is -2.32. The number of aryl methyl sites for hydroxylation is 1. The zero-order chi connectivity index (χ0) is 29.1. The summed E-state index contributed by atoms with van der Waals surface area (Å²) < 4.78 is 55.2. The van der Waals surface area contributed by atoms with Crippen molar-refractivity contribution < 1.29 is 35.7 Å². The second-order valence-electron chi connectivity index (χ2n) is 8.83. The van der Waals surface area contributed by atoms with Gasteiger partial charge in [-0.2, -0.15) is 0 Å². The first-order chi connectivity index (χ1) is 18.2. The molecule has 0 bridgehead atoms. The van der Waals surface area contributed by atoms with Gasteiger partial charge in [0.05, 0.1) is 27.5 Å². The molecule has 1 aliphatic heterocycles. The number of hydrogen-bond acceptors (Lipinski definition) is 9. The van der Waals surface area contributed by atoms with Crippen molar-refractivity contribution in [3.05, 3.63) is 62.9 Å². The Bertz CT molecular complexity index is 1400. The Balaban J connectivity index is 1.94. The van der Waals surface area contributed by atoms with Gasteiger partial charge in [0.1, 0.15) is 16.5 Å². The number of carbonyl (C=O) groups is 1. The van der Waals surface area contributed by atoms with Crippen molar-refractivity contribution in [3.8, 4) is 5.75 Å². The lowest BCUT2D eigenvalue weighted by Gasteiger charge is -2.24. The highest BCUT2D eigenvalue weighted by Gasteiger charge is 2.51. The molecular formula is C24H30N3O7PS2. The van der Waals surface area contributed by atoms with Crippen molar-refractivity contribution in [1.29, 1.82) is 0 Å². The lowest BCUT2D eigenvalue weighted by atomic mass is 10.1. The molecule has 1 aromatic heterocycles. The third kappa shape index (κ3) is 7.35. The van der Waals surface area contributed by atoms with E-state index in [0.717, 1.165) is 0 Å². The Morgan fingerprint density at radius 1 is 1.35 bits per heavy atom. The topological polar surface area (TPSA) is 116 Å².